The molecule has 3 aromatic carbocycles. The van der Waals surface area contributed by atoms with E-state index in [4.69, 9.17) is 26.8 Å². The number of carbonyl (C=O) groups excluding carboxylic acids is 3. The Morgan fingerprint density at radius 2 is 1.67 bits per heavy atom. The number of nitrogens with zero attached hydrogens (tertiary/aromatic N) is 3. The third-order valence-corrected chi connectivity index (χ3v) is 7.67. The SMILES string of the molecule is C=C(C)C(=O)OCCOc1nc(Cl)nc(Cc2ccc(S(=O)(=O)O)c(Nc3ccc(N)c4c3C(=O)c3ccccc3C4=O)c2)n1. The highest BCUT2D eigenvalue weighted by Crippen LogP contribution is 2.37. The molecule has 1 aliphatic rings. The van der Waals surface area contributed by atoms with E-state index in [9.17, 15) is 27.4 Å². The lowest BCUT2D eigenvalue weighted by Gasteiger charge is -2.23. The van der Waals surface area contributed by atoms with Crippen LogP contribution in [0.3, 0.4) is 0 Å². The summed E-state index contributed by atoms with van der Waals surface area (Å²) < 4.78 is 44.9. The third-order valence-electron chi connectivity index (χ3n) is 6.59. The van der Waals surface area contributed by atoms with Gasteiger partial charge in [-0.15, -0.1) is 0 Å². The number of nitrogens with one attached hydrogen (secondary N) is 1. The quantitative estimate of drug-likeness (QED) is 0.0646. The van der Waals surface area contributed by atoms with Gasteiger partial charge >= 0.3 is 12.0 Å². The Hall–Kier alpha value is -5.18. The van der Waals surface area contributed by atoms with E-state index in [1.165, 1.54) is 43.3 Å². The third kappa shape index (κ3) is 6.67. The summed E-state index contributed by atoms with van der Waals surface area (Å²) in [7, 11) is -4.75. The second-order valence-electron chi connectivity index (χ2n) is 9.83. The lowest BCUT2D eigenvalue weighted by molar-refractivity contribution is -0.139. The Bertz CT molecular complexity index is 2020. The smallest absolute Gasteiger partial charge is 0.333 e. The summed E-state index contributed by atoms with van der Waals surface area (Å²) in [5.74, 6) is -1.37. The molecule has 230 valence electrons. The Morgan fingerprint density at radius 3 is 2.33 bits per heavy atom. The molecular formula is C30H24ClN5O8S. The highest BCUT2D eigenvalue weighted by molar-refractivity contribution is 7.86. The average molecular weight is 650 g/mol. The molecule has 0 fully saturated rings. The van der Waals surface area contributed by atoms with E-state index in [0.29, 0.717) is 5.56 Å². The van der Waals surface area contributed by atoms with Crippen molar-refractivity contribution in [2.75, 3.05) is 24.3 Å². The number of anilines is 3. The van der Waals surface area contributed by atoms with Crippen LogP contribution >= 0.6 is 11.6 Å². The Labute approximate surface area is 261 Å². The summed E-state index contributed by atoms with van der Waals surface area (Å²) in [6, 6.07) is 13.0. The van der Waals surface area contributed by atoms with Gasteiger partial charge in [0.05, 0.1) is 22.5 Å². The van der Waals surface area contributed by atoms with Crippen molar-refractivity contribution >= 4 is 56.3 Å². The molecule has 13 nitrogen and oxygen atoms in total. The van der Waals surface area contributed by atoms with Gasteiger partial charge in [-0.3, -0.25) is 14.1 Å². The number of benzene rings is 3. The van der Waals surface area contributed by atoms with Crippen LogP contribution in [0.1, 0.15) is 50.2 Å². The topological polar surface area (TPSA) is 201 Å². The monoisotopic (exact) mass is 649 g/mol. The molecule has 0 aliphatic heterocycles. The fourth-order valence-electron chi connectivity index (χ4n) is 4.59. The van der Waals surface area contributed by atoms with Gasteiger partial charge in [0.25, 0.3) is 10.1 Å². The molecule has 0 saturated heterocycles. The number of aromatic nitrogens is 3. The van der Waals surface area contributed by atoms with Gasteiger partial charge in [-0.05, 0) is 48.4 Å². The van der Waals surface area contributed by atoms with E-state index in [0.717, 1.165) is 6.07 Å². The first kappa shape index (κ1) is 31.3. The van der Waals surface area contributed by atoms with Crippen LogP contribution in [0.2, 0.25) is 5.28 Å². The van der Waals surface area contributed by atoms with Gasteiger partial charge < -0.3 is 20.5 Å². The first-order chi connectivity index (χ1) is 21.3. The minimum atomic E-state index is -4.75. The maximum absolute atomic E-state index is 13.5. The van der Waals surface area contributed by atoms with Gasteiger partial charge in [0.2, 0.25) is 5.28 Å². The number of fused-ring (bicyclic) bond motifs is 2. The van der Waals surface area contributed by atoms with Crippen molar-refractivity contribution in [2.45, 2.75) is 18.2 Å². The van der Waals surface area contributed by atoms with Gasteiger partial charge in [0, 0.05) is 28.8 Å². The van der Waals surface area contributed by atoms with Crippen LogP contribution in [-0.2, 0) is 26.1 Å². The second kappa shape index (κ2) is 12.4. The van der Waals surface area contributed by atoms with Gasteiger partial charge in [0.1, 0.15) is 23.9 Å². The molecule has 45 heavy (non-hydrogen) atoms. The molecule has 4 aromatic rings. The number of ketones is 2. The average Bonchev–Trinajstić information content (AvgIpc) is 2.98. The van der Waals surface area contributed by atoms with Crippen LogP contribution in [0, 0.1) is 0 Å². The number of hydrogen-bond donors (Lipinski definition) is 3. The van der Waals surface area contributed by atoms with Gasteiger partial charge in [-0.25, -0.2) is 9.78 Å². The highest BCUT2D eigenvalue weighted by Gasteiger charge is 2.33. The van der Waals surface area contributed by atoms with Crippen molar-refractivity contribution in [2.24, 2.45) is 0 Å². The zero-order chi connectivity index (χ0) is 32.5. The number of rotatable bonds is 10. The number of hydrogen-bond acceptors (Lipinski definition) is 12. The van der Waals surface area contributed by atoms with Gasteiger partial charge in [0.15, 0.2) is 11.6 Å². The maximum atomic E-state index is 13.5. The van der Waals surface area contributed by atoms with Crippen molar-refractivity contribution in [3.05, 3.63) is 106 Å². The molecule has 0 radical (unpaired) electrons. The van der Waals surface area contributed by atoms with E-state index < -0.39 is 32.5 Å². The number of halogens is 1. The van der Waals surface area contributed by atoms with Crippen molar-refractivity contribution < 1.29 is 36.8 Å². The normalized spacial score (nSPS) is 12.2. The van der Waals surface area contributed by atoms with Crippen LogP contribution in [0.15, 0.2) is 71.6 Å². The van der Waals surface area contributed by atoms with E-state index in [-0.39, 0.29) is 81.6 Å². The molecule has 0 saturated carbocycles. The van der Waals surface area contributed by atoms with E-state index in [2.05, 4.69) is 26.8 Å². The van der Waals surface area contributed by atoms with Crippen LogP contribution in [0.25, 0.3) is 0 Å². The minimum absolute atomic E-state index is 0.00825. The standard InChI is InChI=1S/C30H24ClN5O8S/c1-15(2)28(39)43-11-12-44-30-35-23(34-29(31)36-30)14-16-7-10-22(45(40,41)42)21(13-16)33-20-9-8-19(32)24-25(20)27(38)18-6-4-3-5-17(18)26(24)37/h3-10,13,33H,1,11-12,14,32H2,2H3,(H,40,41,42). The Kier molecular flexibility index (Phi) is 8.64. The van der Waals surface area contributed by atoms with E-state index in [1.54, 1.807) is 12.1 Å². The molecule has 0 unspecified atom stereocenters. The van der Waals surface area contributed by atoms with Gasteiger partial charge in [-0.1, -0.05) is 36.9 Å². The zero-order valence-corrected chi connectivity index (χ0v) is 25.1. The predicted octanol–water partition coefficient (Wildman–Crippen LogP) is 3.96. The molecule has 1 aromatic heterocycles. The summed E-state index contributed by atoms with van der Waals surface area (Å²) in [4.78, 5) is 50.0. The number of nitrogen functional groups attached to an aromatic ring is 1. The second-order valence-corrected chi connectivity index (χ2v) is 11.6. The number of esters is 1. The summed E-state index contributed by atoms with van der Waals surface area (Å²) in [5, 5.41) is 2.72. The number of ether oxygens (including phenoxy) is 2. The fraction of sp³-hybridized carbons (Fsp3) is 0.133. The zero-order valence-electron chi connectivity index (χ0n) is 23.5. The summed E-state index contributed by atoms with van der Waals surface area (Å²) in [5.41, 5.74) is 7.19. The van der Waals surface area contributed by atoms with Gasteiger partial charge in [-0.2, -0.15) is 18.4 Å². The van der Waals surface area contributed by atoms with Crippen LogP contribution in [-0.4, -0.2) is 58.7 Å². The number of nitrogens with two attached hydrogens (primary N) is 1. The van der Waals surface area contributed by atoms with Crippen LogP contribution < -0.4 is 15.8 Å². The van der Waals surface area contributed by atoms with E-state index >= 15 is 0 Å². The largest absolute Gasteiger partial charge is 0.460 e. The summed E-state index contributed by atoms with van der Waals surface area (Å²) in [6.07, 6.45) is 0.00825. The fourth-order valence-corrected chi connectivity index (χ4v) is 5.39. The summed E-state index contributed by atoms with van der Waals surface area (Å²) >= 11 is 6.05. The highest BCUT2D eigenvalue weighted by atomic mass is 35.5. The predicted molar refractivity (Wildman–Crippen MR) is 163 cm³/mol. The van der Waals surface area contributed by atoms with Crippen LogP contribution in [0.5, 0.6) is 6.01 Å². The molecule has 1 aliphatic carbocycles. The molecule has 0 bridgehead atoms. The molecule has 5 rings (SSSR count). The summed E-state index contributed by atoms with van der Waals surface area (Å²) in [6.45, 7) is 4.83. The van der Waals surface area contributed by atoms with Crippen LogP contribution in [0.4, 0.5) is 17.1 Å². The molecule has 15 heteroatoms. The van der Waals surface area contributed by atoms with Crippen molar-refractivity contribution in [1.29, 1.82) is 0 Å². The Balaban J connectivity index is 1.45. The lowest BCUT2D eigenvalue weighted by Crippen LogP contribution is -2.23. The number of carbonyl (C=O) groups is 3. The maximum Gasteiger partial charge on any atom is 0.333 e. The van der Waals surface area contributed by atoms with Crippen molar-refractivity contribution in [3.8, 4) is 6.01 Å². The first-order valence-electron chi connectivity index (χ1n) is 13.2. The van der Waals surface area contributed by atoms with E-state index in [1.807, 2.05) is 0 Å². The van der Waals surface area contributed by atoms with Crippen molar-refractivity contribution in [3.63, 3.8) is 0 Å². The molecule has 1 heterocycles. The van der Waals surface area contributed by atoms with Crippen molar-refractivity contribution in [1.82, 2.24) is 15.0 Å². The molecular weight excluding hydrogens is 626 g/mol. The molecule has 4 N–H and O–H groups in total. The first-order valence-corrected chi connectivity index (χ1v) is 15.0. The Morgan fingerprint density at radius 1 is 0.978 bits per heavy atom. The molecule has 0 atom stereocenters. The lowest BCUT2D eigenvalue weighted by atomic mass is 9.82. The molecule has 0 spiro atoms. The molecule has 0 amide bonds. The minimum Gasteiger partial charge on any atom is -0.460 e.